The fraction of sp³-hybridized carbons (Fsp3) is 0.263. The summed E-state index contributed by atoms with van der Waals surface area (Å²) in [5.41, 5.74) is -0.732. The highest BCUT2D eigenvalue weighted by molar-refractivity contribution is 7.68. The monoisotopic (exact) mass is 374 g/mol. The van der Waals surface area contributed by atoms with E-state index < -0.39 is 30.9 Å². The summed E-state index contributed by atoms with van der Waals surface area (Å²) in [6.45, 7) is 1.70. The Bertz CT molecular complexity index is 906. The SMILES string of the molecule is CCCC(CP1(=O)Oc2ccccc2-c2ccccc21)(C(=O)O)C(=O)O. The number of benzene rings is 2. The van der Waals surface area contributed by atoms with Crippen molar-refractivity contribution >= 4 is 24.6 Å². The van der Waals surface area contributed by atoms with E-state index in [2.05, 4.69) is 0 Å². The van der Waals surface area contributed by atoms with Crippen LogP contribution in [0, 0.1) is 5.41 Å². The van der Waals surface area contributed by atoms with E-state index in [-0.39, 0.29) is 6.42 Å². The van der Waals surface area contributed by atoms with Gasteiger partial charge in [0.25, 0.3) is 7.37 Å². The van der Waals surface area contributed by atoms with E-state index in [1.807, 2.05) is 12.1 Å². The van der Waals surface area contributed by atoms with Crippen LogP contribution >= 0.6 is 7.37 Å². The summed E-state index contributed by atoms with van der Waals surface area (Å²) < 4.78 is 19.5. The maximum atomic E-state index is 13.8. The smallest absolute Gasteiger partial charge is 0.321 e. The number of rotatable bonds is 6. The molecule has 2 aromatic carbocycles. The second kappa shape index (κ2) is 6.61. The highest BCUT2D eigenvalue weighted by Crippen LogP contribution is 2.57. The molecule has 0 fully saturated rings. The Morgan fingerprint density at radius 1 is 1.00 bits per heavy atom. The standard InChI is InChI=1S/C19H19O6P/c1-2-11-19(17(20)21,18(22)23)12-26(24)16-10-6-4-8-14(16)13-7-3-5-9-15(13)25-26/h3-10H,2,11-12H2,1H3,(H,20,21)(H,22,23). The molecule has 1 unspecified atom stereocenters. The highest BCUT2D eigenvalue weighted by Gasteiger charge is 2.53. The van der Waals surface area contributed by atoms with E-state index in [1.54, 1.807) is 43.3 Å². The van der Waals surface area contributed by atoms with E-state index in [9.17, 15) is 24.4 Å². The molecular formula is C19H19O6P. The summed E-state index contributed by atoms with van der Waals surface area (Å²) in [6.07, 6.45) is -0.393. The first-order valence-electron chi connectivity index (χ1n) is 8.28. The van der Waals surface area contributed by atoms with Crippen LogP contribution in [0.2, 0.25) is 0 Å². The van der Waals surface area contributed by atoms with E-state index in [0.717, 1.165) is 5.56 Å². The third kappa shape index (κ3) is 2.80. The molecule has 7 heteroatoms. The molecule has 1 aliphatic rings. The molecule has 0 aromatic heterocycles. The van der Waals surface area contributed by atoms with Crippen molar-refractivity contribution < 1.29 is 28.9 Å². The molecule has 1 atom stereocenters. The topological polar surface area (TPSA) is 101 Å². The third-order valence-corrected chi connectivity index (χ3v) is 7.24. The fourth-order valence-electron chi connectivity index (χ4n) is 3.39. The van der Waals surface area contributed by atoms with Crippen molar-refractivity contribution in [2.45, 2.75) is 19.8 Å². The van der Waals surface area contributed by atoms with Crippen molar-refractivity contribution in [2.24, 2.45) is 5.41 Å². The van der Waals surface area contributed by atoms with E-state index in [0.29, 0.717) is 23.0 Å². The lowest BCUT2D eigenvalue weighted by atomic mass is 9.85. The molecule has 0 radical (unpaired) electrons. The highest BCUT2D eigenvalue weighted by atomic mass is 31.2. The van der Waals surface area contributed by atoms with Crippen LogP contribution in [0.15, 0.2) is 48.5 Å². The minimum atomic E-state index is -3.76. The number of fused-ring (bicyclic) bond motifs is 3. The van der Waals surface area contributed by atoms with Gasteiger partial charge in [-0.15, -0.1) is 0 Å². The molecule has 0 saturated carbocycles. The van der Waals surface area contributed by atoms with Crippen LogP contribution in [0.25, 0.3) is 11.1 Å². The van der Waals surface area contributed by atoms with E-state index in [1.165, 1.54) is 0 Å². The lowest BCUT2D eigenvalue weighted by molar-refractivity contribution is -0.163. The minimum absolute atomic E-state index is 0.130. The molecule has 1 heterocycles. The lowest BCUT2D eigenvalue weighted by Crippen LogP contribution is -2.44. The Morgan fingerprint density at radius 2 is 1.58 bits per heavy atom. The Morgan fingerprint density at radius 3 is 2.19 bits per heavy atom. The lowest BCUT2D eigenvalue weighted by Gasteiger charge is -2.33. The van der Waals surface area contributed by atoms with E-state index in [4.69, 9.17) is 4.52 Å². The van der Waals surface area contributed by atoms with Gasteiger partial charge >= 0.3 is 11.9 Å². The van der Waals surface area contributed by atoms with E-state index >= 15 is 0 Å². The summed E-state index contributed by atoms with van der Waals surface area (Å²) in [6, 6.07) is 13.9. The number of carbonyl (C=O) groups is 2. The summed E-state index contributed by atoms with van der Waals surface area (Å²) in [5.74, 6) is -2.63. The zero-order valence-electron chi connectivity index (χ0n) is 14.2. The quantitative estimate of drug-likeness (QED) is 0.592. The average Bonchev–Trinajstić information content (AvgIpc) is 2.61. The summed E-state index contributed by atoms with van der Waals surface area (Å²) in [7, 11) is -3.76. The molecule has 6 nitrogen and oxygen atoms in total. The predicted molar refractivity (Wildman–Crippen MR) is 97.2 cm³/mol. The third-order valence-electron chi connectivity index (χ3n) is 4.67. The molecule has 2 N–H and O–H groups in total. The Hall–Kier alpha value is -2.59. The van der Waals surface area contributed by atoms with Crippen LogP contribution in [-0.2, 0) is 14.2 Å². The van der Waals surface area contributed by atoms with Crippen LogP contribution in [0.4, 0.5) is 0 Å². The van der Waals surface area contributed by atoms with Crippen molar-refractivity contribution in [3.05, 3.63) is 48.5 Å². The van der Waals surface area contributed by atoms with Crippen LogP contribution < -0.4 is 9.83 Å². The van der Waals surface area contributed by atoms with Gasteiger partial charge < -0.3 is 14.7 Å². The average molecular weight is 374 g/mol. The number of hydrogen-bond donors (Lipinski definition) is 2. The van der Waals surface area contributed by atoms with Crippen LogP contribution in [0.5, 0.6) is 5.75 Å². The van der Waals surface area contributed by atoms with Crippen LogP contribution in [0.3, 0.4) is 0 Å². The van der Waals surface area contributed by atoms with Gasteiger partial charge in [-0.1, -0.05) is 49.7 Å². The molecule has 136 valence electrons. The van der Waals surface area contributed by atoms with Crippen molar-refractivity contribution in [3.63, 3.8) is 0 Å². The molecule has 0 spiro atoms. The molecule has 0 amide bonds. The van der Waals surface area contributed by atoms with Gasteiger partial charge in [-0.25, -0.2) is 0 Å². The number of hydrogen-bond acceptors (Lipinski definition) is 4. The zero-order valence-corrected chi connectivity index (χ0v) is 15.1. The van der Waals surface area contributed by atoms with Crippen LogP contribution in [0.1, 0.15) is 19.8 Å². The molecule has 2 aromatic rings. The first-order chi connectivity index (χ1) is 12.3. The molecule has 1 aliphatic heterocycles. The summed E-state index contributed by atoms with van der Waals surface area (Å²) in [4.78, 5) is 23.7. The van der Waals surface area contributed by atoms with Crippen molar-refractivity contribution in [1.29, 1.82) is 0 Å². The van der Waals surface area contributed by atoms with Gasteiger partial charge in [0.2, 0.25) is 0 Å². The van der Waals surface area contributed by atoms with Gasteiger partial charge in [-0.05, 0) is 24.1 Å². The second-order valence-electron chi connectivity index (χ2n) is 6.38. The first-order valence-corrected chi connectivity index (χ1v) is 10.1. The Labute approximate surface area is 150 Å². The predicted octanol–water partition coefficient (Wildman–Crippen LogP) is 3.61. The molecule has 0 aliphatic carbocycles. The van der Waals surface area contributed by atoms with Crippen molar-refractivity contribution in [3.8, 4) is 16.9 Å². The maximum Gasteiger partial charge on any atom is 0.321 e. The minimum Gasteiger partial charge on any atom is -0.480 e. The van der Waals surface area contributed by atoms with Crippen molar-refractivity contribution in [2.75, 3.05) is 6.16 Å². The molecule has 26 heavy (non-hydrogen) atoms. The summed E-state index contributed by atoms with van der Waals surface area (Å²) in [5, 5.41) is 19.7. The largest absolute Gasteiger partial charge is 0.480 e. The normalized spacial score (nSPS) is 18.3. The van der Waals surface area contributed by atoms with Gasteiger partial charge in [-0.3, -0.25) is 14.2 Å². The number of para-hydroxylation sites is 1. The van der Waals surface area contributed by atoms with Gasteiger partial charge in [0.15, 0.2) is 5.41 Å². The Balaban J connectivity index is 2.17. The zero-order chi connectivity index (χ0) is 18.9. The van der Waals surface area contributed by atoms with Crippen LogP contribution in [-0.4, -0.2) is 28.3 Å². The first kappa shape index (κ1) is 18.2. The molecule has 3 rings (SSSR count). The fourth-order valence-corrected chi connectivity index (χ4v) is 6.22. The number of carboxylic acids is 2. The van der Waals surface area contributed by atoms with Gasteiger partial charge in [-0.2, -0.15) is 0 Å². The van der Waals surface area contributed by atoms with Gasteiger partial charge in [0, 0.05) is 5.56 Å². The molecule has 0 bridgehead atoms. The summed E-state index contributed by atoms with van der Waals surface area (Å²) >= 11 is 0. The van der Waals surface area contributed by atoms with Crippen molar-refractivity contribution in [1.82, 2.24) is 0 Å². The number of aliphatic carboxylic acids is 2. The number of carboxylic acid groups (broad SMARTS) is 2. The maximum absolute atomic E-state index is 13.8. The molecular weight excluding hydrogens is 355 g/mol. The molecule has 0 saturated heterocycles. The second-order valence-corrected chi connectivity index (χ2v) is 8.71. The Kier molecular flexibility index (Phi) is 4.63. The van der Waals surface area contributed by atoms with Gasteiger partial charge in [0.05, 0.1) is 11.5 Å². The van der Waals surface area contributed by atoms with Gasteiger partial charge in [0.1, 0.15) is 5.75 Å².